The smallest absolute Gasteiger partial charge is 0.230 e. The maximum atomic E-state index is 5.36. The average molecular weight is 231 g/mol. The molecule has 2 aromatic heterocycles. The van der Waals surface area contributed by atoms with Crippen LogP contribution in [0.2, 0.25) is 0 Å². The van der Waals surface area contributed by atoms with Crippen molar-refractivity contribution in [1.29, 1.82) is 0 Å². The number of hydrogen-bond acceptors (Lipinski definition) is 4. The van der Waals surface area contributed by atoms with Crippen LogP contribution in [0.3, 0.4) is 0 Å². The van der Waals surface area contributed by atoms with Crippen molar-refractivity contribution < 1.29 is 9.84 Å². The lowest BCUT2D eigenvalue weighted by Crippen LogP contribution is -2.86. The van der Waals surface area contributed by atoms with Crippen LogP contribution in [0.25, 0.3) is 11.4 Å². The van der Waals surface area contributed by atoms with Crippen LogP contribution in [0.1, 0.15) is 24.7 Å². The second kappa shape index (κ2) is 4.63. The first-order valence-electron chi connectivity index (χ1n) is 5.99. The molecule has 1 saturated heterocycles. The summed E-state index contributed by atoms with van der Waals surface area (Å²) in [4.78, 5) is 8.53. The Bertz CT molecular complexity index is 476. The standard InChI is InChI=1S/C12H14N4O/c1-2-10(8-14-5-1)11-15-12(17-16-11)9-3-6-13-7-4-9/h1-2,5,8-9,13H,3-4,6-7H2/p+1. The highest BCUT2D eigenvalue weighted by atomic mass is 16.5. The fraction of sp³-hybridized carbons (Fsp3) is 0.417. The Labute approximate surface area is 99.3 Å². The summed E-state index contributed by atoms with van der Waals surface area (Å²) >= 11 is 0. The summed E-state index contributed by atoms with van der Waals surface area (Å²) in [5, 5.41) is 6.35. The number of nitrogens with two attached hydrogens (primary N) is 1. The molecular formula is C12H15N4O+. The van der Waals surface area contributed by atoms with E-state index in [2.05, 4.69) is 20.4 Å². The van der Waals surface area contributed by atoms with Crippen molar-refractivity contribution in [3.63, 3.8) is 0 Å². The van der Waals surface area contributed by atoms with Crippen LogP contribution in [0.4, 0.5) is 0 Å². The number of nitrogens with zero attached hydrogens (tertiary/aromatic N) is 3. The van der Waals surface area contributed by atoms with E-state index in [4.69, 9.17) is 4.52 Å². The van der Waals surface area contributed by atoms with Gasteiger partial charge in [0.1, 0.15) is 0 Å². The minimum atomic E-state index is 0.429. The van der Waals surface area contributed by atoms with E-state index in [1.807, 2.05) is 12.1 Å². The normalized spacial score (nSPS) is 17.2. The molecule has 5 nitrogen and oxygen atoms in total. The molecule has 0 saturated carbocycles. The first kappa shape index (κ1) is 10.4. The molecule has 0 amide bonds. The molecule has 0 unspecified atom stereocenters. The number of pyridine rings is 1. The second-order valence-electron chi connectivity index (χ2n) is 4.34. The fourth-order valence-electron chi connectivity index (χ4n) is 2.19. The Morgan fingerprint density at radius 3 is 2.94 bits per heavy atom. The predicted octanol–water partition coefficient (Wildman–Crippen LogP) is 0.572. The van der Waals surface area contributed by atoms with Gasteiger partial charge in [0.25, 0.3) is 0 Å². The van der Waals surface area contributed by atoms with Crippen LogP contribution in [0.5, 0.6) is 0 Å². The monoisotopic (exact) mass is 231 g/mol. The summed E-state index contributed by atoms with van der Waals surface area (Å²) in [6, 6.07) is 3.82. The average Bonchev–Trinajstić information content (AvgIpc) is 2.90. The van der Waals surface area contributed by atoms with Gasteiger partial charge in [-0.05, 0) is 12.1 Å². The van der Waals surface area contributed by atoms with Gasteiger partial charge in [-0.1, -0.05) is 5.16 Å². The maximum absolute atomic E-state index is 5.36. The summed E-state index contributed by atoms with van der Waals surface area (Å²) in [7, 11) is 0. The van der Waals surface area contributed by atoms with E-state index in [1.165, 1.54) is 0 Å². The van der Waals surface area contributed by atoms with Gasteiger partial charge in [0, 0.05) is 36.7 Å². The predicted molar refractivity (Wildman–Crippen MR) is 61.2 cm³/mol. The molecule has 3 rings (SSSR count). The molecule has 0 atom stereocenters. The molecular weight excluding hydrogens is 216 g/mol. The summed E-state index contributed by atoms with van der Waals surface area (Å²) in [6.45, 7) is 2.30. The summed E-state index contributed by atoms with van der Waals surface area (Å²) < 4.78 is 5.36. The van der Waals surface area contributed by atoms with Crippen molar-refractivity contribution in [2.45, 2.75) is 18.8 Å². The molecule has 1 fully saturated rings. The van der Waals surface area contributed by atoms with E-state index in [0.29, 0.717) is 11.7 Å². The molecule has 3 heterocycles. The number of piperidine rings is 1. The van der Waals surface area contributed by atoms with Crippen molar-refractivity contribution in [3.05, 3.63) is 30.4 Å². The fourth-order valence-corrected chi connectivity index (χ4v) is 2.19. The summed E-state index contributed by atoms with van der Waals surface area (Å²) in [5.41, 5.74) is 0.907. The SMILES string of the molecule is c1cncc(-c2noc(C3CC[NH2+]CC3)n2)c1. The Morgan fingerprint density at radius 2 is 2.18 bits per heavy atom. The lowest BCUT2D eigenvalue weighted by atomic mass is 9.98. The largest absolute Gasteiger partial charge is 0.346 e. The Kier molecular flexibility index (Phi) is 2.83. The van der Waals surface area contributed by atoms with Crippen molar-refractivity contribution >= 4 is 0 Å². The van der Waals surface area contributed by atoms with Gasteiger partial charge < -0.3 is 9.84 Å². The number of hydrogen-bond donors (Lipinski definition) is 1. The van der Waals surface area contributed by atoms with Gasteiger partial charge >= 0.3 is 0 Å². The molecule has 88 valence electrons. The highest BCUT2D eigenvalue weighted by molar-refractivity contribution is 5.51. The van der Waals surface area contributed by atoms with Crippen molar-refractivity contribution in [3.8, 4) is 11.4 Å². The van der Waals surface area contributed by atoms with Crippen LogP contribution < -0.4 is 5.32 Å². The van der Waals surface area contributed by atoms with Gasteiger partial charge in [0.15, 0.2) is 0 Å². The van der Waals surface area contributed by atoms with E-state index >= 15 is 0 Å². The zero-order chi connectivity index (χ0) is 11.5. The Balaban J connectivity index is 1.83. The topological polar surface area (TPSA) is 68.4 Å². The Morgan fingerprint density at radius 1 is 1.29 bits per heavy atom. The van der Waals surface area contributed by atoms with Crippen LogP contribution in [-0.2, 0) is 0 Å². The molecule has 0 aromatic carbocycles. The highest BCUT2D eigenvalue weighted by Crippen LogP contribution is 2.24. The van der Waals surface area contributed by atoms with E-state index in [-0.39, 0.29) is 0 Å². The molecule has 2 aromatic rings. The first-order chi connectivity index (χ1) is 8.43. The summed E-state index contributed by atoms with van der Waals surface area (Å²) in [6.07, 6.45) is 5.73. The number of rotatable bonds is 2. The van der Waals surface area contributed by atoms with Crippen LogP contribution >= 0.6 is 0 Å². The van der Waals surface area contributed by atoms with E-state index < -0.39 is 0 Å². The molecule has 0 spiro atoms. The third-order valence-corrected chi connectivity index (χ3v) is 3.15. The number of quaternary nitrogens is 1. The van der Waals surface area contributed by atoms with Crippen LogP contribution in [0.15, 0.2) is 29.0 Å². The summed E-state index contributed by atoms with van der Waals surface area (Å²) in [5.74, 6) is 1.84. The maximum Gasteiger partial charge on any atom is 0.230 e. The van der Waals surface area contributed by atoms with Crippen LogP contribution in [0, 0.1) is 0 Å². The van der Waals surface area contributed by atoms with Gasteiger partial charge in [0.05, 0.1) is 13.1 Å². The minimum Gasteiger partial charge on any atom is -0.346 e. The molecule has 0 radical (unpaired) electrons. The van der Waals surface area contributed by atoms with Gasteiger partial charge in [-0.2, -0.15) is 4.98 Å². The second-order valence-corrected chi connectivity index (χ2v) is 4.34. The van der Waals surface area contributed by atoms with Gasteiger partial charge in [-0.15, -0.1) is 0 Å². The molecule has 2 N–H and O–H groups in total. The number of aromatic nitrogens is 3. The zero-order valence-electron chi connectivity index (χ0n) is 9.54. The van der Waals surface area contributed by atoms with Crippen LogP contribution in [-0.4, -0.2) is 28.2 Å². The Hall–Kier alpha value is -1.75. The highest BCUT2D eigenvalue weighted by Gasteiger charge is 2.23. The van der Waals surface area contributed by atoms with Gasteiger partial charge in [-0.3, -0.25) is 4.98 Å². The van der Waals surface area contributed by atoms with Gasteiger partial charge in [-0.25, -0.2) is 0 Å². The minimum absolute atomic E-state index is 0.429. The first-order valence-corrected chi connectivity index (χ1v) is 5.99. The molecule has 0 aliphatic carbocycles. The molecule has 0 bridgehead atoms. The molecule has 1 aliphatic rings. The third-order valence-electron chi connectivity index (χ3n) is 3.15. The zero-order valence-corrected chi connectivity index (χ0v) is 9.54. The lowest BCUT2D eigenvalue weighted by molar-refractivity contribution is -0.663. The molecule has 1 aliphatic heterocycles. The van der Waals surface area contributed by atoms with Gasteiger partial charge in [0.2, 0.25) is 11.7 Å². The van der Waals surface area contributed by atoms with Crippen molar-refractivity contribution in [2.24, 2.45) is 0 Å². The van der Waals surface area contributed by atoms with E-state index in [0.717, 1.165) is 37.4 Å². The van der Waals surface area contributed by atoms with Crippen molar-refractivity contribution in [1.82, 2.24) is 15.1 Å². The molecule has 5 heteroatoms. The quantitative estimate of drug-likeness (QED) is 0.820. The third kappa shape index (κ3) is 2.19. The lowest BCUT2D eigenvalue weighted by Gasteiger charge is -2.15. The molecule has 17 heavy (non-hydrogen) atoms. The van der Waals surface area contributed by atoms with Crippen molar-refractivity contribution in [2.75, 3.05) is 13.1 Å². The van der Waals surface area contributed by atoms with E-state index in [9.17, 15) is 0 Å². The van der Waals surface area contributed by atoms with E-state index in [1.54, 1.807) is 12.4 Å².